The Morgan fingerprint density at radius 3 is 2.39 bits per heavy atom. The van der Waals surface area contributed by atoms with Crippen molar-refractivity contribution in [2.24, 2.45) is 5.92 Å². The highest BCUT2D eigenvalue weighted by Crippen LogP contribution is 2.47. The van der Waals surface area contributed by atoms with E-state index in [0.717, 1.165) is 18.4 Å². The highest BCUT2D eigenvalue weighted by molar-refractivity contribution is 5.82. The molecule has 28 heavy (non-hydrogen) atoms. The molecule has 0 aromatic heterocycles. The highest BCUT2D eigenvalue weighted by Gasteiger charge is 2.43. The van der Waals surface area contributed by atoms with E-state index in [-0.39, 0.29) is 18.4 Å². The summed E-state index contributed by atoms with van der Waals surface area (Å²) in [6, 6.07) is 15.9. The Morgan fingerprint density at radius 1 is 1.11 bits per heavy atom. The van der Waals surface area contributed by atoms with Crippen LogP contribution in [0, 0.1) is 5.92 Å². The van der Waals surface area contributed by atoms with E-state index < -0.39 is 5.97 Å². The molecule has 1 fully saturated rings. The summed E-state index contributed by atoms with van der Waals surface area (Å²) in [6.07, 6.45) is 1.65. The molecule has 1 aliphatic carbocycles. The topological polar surface area (TPSA) is 75.6 Å². The number of carbonyl (C=O) groups is 2. The van der Waals surface area contributed by atoms with Crippen molar-refractivity contribution in [1.82, 2.24) is 5.32 Å². The smallest absolute Gasteiger partial charge is 0.341 e. The van der Waals surface area contributed by atoms with E-state index >= 15 is 0 Å². The minimum absolute atomic E-state index is 0.0803. The van der Waals surface area contributed by atoms with Crippen molar-refractivity contribution < 1.29 is 19.4 Å². The van der Waals surface area contributed by atoms with Gasteiger partial charge in [0.1, 0.15) is 5.75 Å². The van der Waals surface area contributed by atoms with Crippen molar-refractivity contribution in [3.63, 3.8) is 0 Å². The Bertz CT molecular complexity index is 812. The van der Waals surface area contributed by atoms with Crippen molar-refractivity contribution in [2.45, 2.75) is 38.5 Å². The standard InChI is InChI=1S/C23H27NO4/c1-15(2)17-5-7-18(8-6-17)20-13-21(20)23(27)24-12-11-16-3-9-19(10-4-16)28-14-22(25)26/h3-10,15,20-21H,11-14H2,1-2H3,(H,24,27)(H,25,26). The Labute approximate surface area is 165 Å². The van der Waals surface area contributed by atoms with Crippen molar-refractivity contribution >= 4 is 11.9 Å². The molecular weight excluding hydrogens is 354 g/mol. The quantitative estimate of drug-likeness (QED) is 0.694. The van der Waals surface area contributed by atoms with Crippen LogP contribution in [-0.4, -0.2) is 30.1 Å². The Kier molecular flexibility index (Phi) is 6.34. The molecule has 0 spiro atoms. The van der Waals surface area contributed by atoms with E-state index in [9.17, 15) is 9.59 Å². The van der Waals surface area contributed by atoms with Crippen LogP contribution in [0.4, 0.5) is 0 Å². The highest BCUT2D eigenvalue weighted by atomic mass is 16.5. The molecule has 2 atom stereocenters. The molecule has 1 aliphatic rings. The van der Waals surface area contributed by atoms with Crippen molar-refractivity contribution in [3.05, 3.63) is 65.2 Å². The number of benzene rings is 2. The molecule has 0 heterocycles. The van der Waals surface area contributed by atoms with Gasteiger partial charge in [-0.25, -0.2) is 4.79 Å². The molecule has 5 nitrogen and oxygen atoms in total. The third-order valence-corrected chi connectivity index (χ3v) is 5.16. The number of carbonyl (C=O) groups excluding carboxylic acids is 1. The van der Waals surface area contributed by atoms with E-state index in [1.165, 1.54) is 11.1 Å². The van der Waals surface area contributed by atoms with Crippen molar-refractivity contribution in [3.8, 4) is 5.75 Å². The predicted molar refractivity (Wildman–Crippen MR) is 108 cm³/mol. The number of carboxylic acid groups (broad SMARTS) is 1. The second-order valence-electron chi connectivity index (χ2n) is 7.64. The number of aliphatic carboxylic acids is 1. The molecule has 2 aromatic rings. The number of ether oxygens (including phenoxy) is 1. The fraction of sp³-hybridized carbons (Fsp3) is 0.391. The summed E-state index contributed by atoms with van der Waals surface area (Å²) in [5.41, 5.74) is 3.64. The van der Waals surface area contributed by atoms with Gasteiger partial charge in [-0.3, -0.25) is 4.79 Å². The van der Waals surface area contributed by atoms with Gasteiger partial charge in [-0.1, -0.05) is 50.2 Å². The summed E-state index contributed by atoms with van der Waals surface area (Å²) in [6.45, 7) is 4.60. The lowest BCUT2D eigenvalue weighted by atomic mass is 10.00. The second kappa shape index (κ2) is 8.91. The lowest BCUT2D eigenvalue weighted by Crippen LogP contribution is -2.27. The summed E-state index contributed by atoms with van der Waals surface area (Å²) >= 11 is 0. The third kappa shape index (κ3) is 5.35. The Hall–Kier alpha value is -2.82. The maximum atomic E-state index is 12.4. The van der Waals surface area contributed by atoms with E-state index in [4.69, 9.17) is 9.84 Å². The van der Waals surface area contributed by atoms with Gasteiger partial charge in [-0.05, 0) is 53.5 Å². The third-order valence-electron chi connectivity index (χ3n) is 5.16. The second-order valence-corrected chi connectivity index (χ2v) is 7.64. The van der Waals surface area contributed by atoms with Crippen LogP contribution in [0.2, 0.25) is 0 Å². The molecular formula is C23H27NO4. The minimum atomic E-state index is -0.999. The Morgan fingerprint density at radius 2 is 1.79 bits per heavy atom. The SMILES string of the molecule is CC(C)c1ccc(C2CC2C(=O)NCCc2ccc(OCC(=O)O)cc2)cc1. The van der Waals surface area contributed by atoms with E-state index in [2.05, 4.69) is 43.4 Å². The molecule has 2 aromatic carbocycles. The summed E-state index contributed by atoms with van der Waals surface area (Å²) in [7, 11) is 0. The first-order valence-corrected chi connectivity index (χ1v) is 9.75. The molecule has 5 heteroatoms. The zero-order valence-corrected chi connectivity index (χ0v) is 16.4. The number of nitrogens with one attached hydrogen (secondary N) is 1. The van der Waals surface area contributed by atoms with Crippen LogP contribution in [-0.2, 0) is 16.0 Å². The normalized spacial score (nSPS) is 18.0. The van der Waals surface area contributed by atoms with Gasteiger partial charge in [0.05, 0.1) is 0 Å². The maximum Gasteiger partial charge on any atom is 0.341 e. The molecule has 3 rings (SSSR count). The van der Waals surface area contributed by atoms with Crippen LogP contribution < -0.4 is 10.1 Å². The summed E-state index contributed by atoms with van der Waals surface area (Å²) in [4.78, 5) is 22.9. The van der Waals surface area contributed by atoms with Gasteiger partial charge in [0.25, 0.3) is 0 Å². The van der Waals surface area contributed by atoms with Gasteiger partial charge in [0, 0.05) is 12.5 Å². The Balaban J connectivity index is 1.41. The maximum absolute atomic E-state index is 12.4. The molecule has 2 N–H and O–H groups in total. The van der Waals surface area contributed by atoms with Crippen LogP contribution in [0.5, 0.6) is 5.75 Å². The molecule has 0 bridgehead atoms. The first-order valence-electron chi connectivity index (χ1n) is 9.75. The zero-order valence-electron chi connectivity index (χ0n) is 16.4. The van der Waals surface area contributed by atoms with Gasteiger partial charge in [0.15, 0.2) is 6.61 Å². The fourth-order valence-electron chi connectivity index (χ4n) is 3.34. The monoisotopic (exact) mass is 381 g/mol. The molecule has 2 unspecified atom stereocenters. The van der Waals surface area contributed by atoms with Crippen LogP contribution >= 0.6 is 0 Å². The van der Waals surface area contributed by atoms with Gasteiger partial charge in [-0.2, -0.15) is 0 Å². The van der Waals surface area contributed by atoms with Crippen LogP contribution in [0.1, 0.15) is 48.8 Å². The summed E-state index contributed by atoms with van der Waals surface area (Å²) < 4.78 is 5.11. The van der Waals surface area contributed by atoms with Crippen LogP contribution in [0.25, 0.3) is 0 Å². The fourth-order valence-corrected chi connectivity index (χ4v) is 3.34. The first-order chi connectivity index (χ1) is 13.4. The molecule has 0 radical (unpaired) electrons. The largest absolute Gasteiger partial charge is 0.482 e. The number of carboxylic acids is 1. The van der Waals surface area contributed by atoms with Gasteiger partial charge < -0.3 is 15.2 Å². The average molecular weight is 381 g/mol. The molecule has 0 aliphatic heterocycles. The summed E-state index contributed by atoms with van der Waals surface area (Å²) in [5, 5.41) is 11.6. The van der Waals surface area contributed by atoms with E-state index in [1.807, 2.05) is 12.1 Å². The lowest BCUT2D eigenvalue weighted by Gasteiger charge is -2.08. The van der Waals surface area contributed by atoms with Crippen LogP contribution in [0.3, 0.4) is 0 Å². The zero-order chi connectivity index (χ0) is 20.1. The first kappa shape index (κ1) is 19.9. The van der Waals surface area contributed by atoms with E-state index in [1.54, 1.807) is 12.1 Å². The van der Waals surface area contributed by atoms with Crippen molar-refractivity contribution in [2.75, 3.05) is 13.2 Å². The molecule has 148 valence electrons. The molecule has 0 saturated heterocycles. The van der Waals surface area contributed by atoms with Crippen molar-refractivity contribution in [1.29, 1.82) is 0 Å². The van der Waals surface area contributed by atoms with E-state index in [0.29, 0.717) is 24.1 Å². The molecule has 1 saturated carbocycles. The number of amides is 1. The van der Waals surface area contributed by atoms with Gasteiger partial charge in [0.2, 0.25) is 5.91 Å². The number of hydrogen-bond acceptors (Lipinski definition) is 3. The molecule has 1 amide bonds. The number of rotatable bonds is 9. The minimum Gasteiger partial charge on any atom is -0.482 e. The van der Waals surface area contributed by atoms with Crippen LogP contribution in [0.15, 0.2) is 48.5 Å². The lowest BCUT2D eigenvalue weighted by molar-refractivity contribution is -0.139. The summed E-state index contributed by atoms with van der Waals surface area (Å²) in [5.74, 6) is 0.591. The average Bonchev–Trinajstić information content (AvgIpc) is 3.48. The van der Waals surface area contributed by atoms with Gasteiger partial charge in [-0.15, -0.1) is 0 Å². The predicted octanol–water partition coefficient (Wildman–Crippen LogP) is 3.74. The number of hydrogen-bond donors (Lipinski definition) is 2. The van der Waals surface area contributed by atoms with Gasteiger partial charge >= 0.3 is 5.97 Å².